The molecule has 1 aromatic carbocycles. The van der Waals surface area contributed by atoms with Crippen LogP contribution in [0.25, 0.3) is 10.2 Å². The SMILES string of the molecule is CCOCCn1c(=NC(=O)CC)sc2cccc(OCC)c21. The highest BCUT2D eigenvalue weighted by molar-refractivity contribution is 7.16. The van der Waals surface area contributed by atoms with E-state index < -0.39 is 0 Å². The molecule has 0 aliphatic carbocycles. The van der Waals surface area contributed by atoms with Crippen molar-refractivity contribution in [2.45, 2.75) is 33.7 Å². The highest BCUT2D eigenvalue weighted by Crippen LogP contribution is 2.27. The third kappa shape index (κ3) is 3.75. The van der Waals surface area contributed by atoms with Gasteiger partial charge in [-0.05, 0) is 26.0 Å². The van der Waals surface area contributed by atoms with E-state index in [0.29, 0.717) is 37.6 Å². The third-order valence-electron chi connectivity index (χ3n) is 3.15. The van der Waals surface area contributed by atoms with Crippen LogP contribution in [0.4, 0.5) is 0 Å². The molecule has 0 aliphatic heterocycles. The van der Waals surface area contributed by atoms with Crippen molar-refractivity contribution in [1.82, 2.24) is 4.57 Å². The number of aromatic nitrogens is 1. The van der Waals surface area contributed by atoms with E-state index in [0.717, 1.165) is 16.0 Å². The summed E-state index contributed by atoms with van der Waals surface area (Å²) < 4.78 is 14.3. The number of carbonyl (C=O) groups is 1. The quantitative estimate of drug-likeness (QED) is 0.736. The Hall–Kier alpha value is -1.66. The summed E-state index contributed by atoms with van der Waals surface area (Å²) in [5.41, 5.74) is 0.983. The first-order chi connectivity index (χ1) is 10.7. The van der Waals surface area contributed by atoms with Gasteiger partial charge in [-0.15, -0.1) is 0 Å². The van der Waals surface area contributed by atoms with Gasteiger partial charge in [-0.25, -0.2) is 0 Å². The van der Waals surface area contributed by atoms with Gasteiger partial charge in [0.1, 0.15) is 11.3 Å². The van der Waals surface area contributed by atoms with Crippen LogP contribution in [0.5, 0.6) is 5.75 Å². The van der Waals surface area contributed by atoms with E-state index in [4.69, 9.17) is 9.47 Å². The van der Waals surface area contributed by atoms with Gasteiger partial charge in [0, 0.05) is 19.6 Å². The molecule has 0 N–H and O–H groups in total. The van der Waals surface area contributed by atoms with Crippen LogP contribution in [-0.2, 0) is 16.1 Å². The molecule has 0 saturated carbocycles. The maximum Gasteiger partial charge on any atom is 0.248 e. The monoisotopic (exact) mass is 322 g/mol. The fraction of sp³-hybridized carbons (Fsp3) is 0.500. The van der Waals surface area contributed by atoms with Gasteiger partial charge in [-0.1, -0.05) is 24.3 Å². The minimum absolute atomic E-state index is 0.116. The van der Waals surface area contributed by atoms with Crippen molar-refractivity contribution >= 4 is 27.5 Å². The van der Waals surface area contributed by atoms with E-state index in [1.165, 1.54) is 11.3 Å². The summed E-state index contributed by atoms with van der Waals surface area (Å²) in [5, 5.41) is 0. The number of para-hydroxylation sites is 1. The molecular weight excluding hydrogens is 300 g/mol. The predicted octanol–water partition coefficient (Wildman–Crippen LogP) is 2.98. The largest absolute Gasteiger partial charge is 0.492 e. The molecule has 0 spiro atoms. The molecule has 0 aliphatic rings. The van der Waals surface area contributed by atoms with Crippen LogP contribution >= 0.6 is 11.3 Å². The number of carbonyl (C=O) groups excluding carboxylic acids is 1. The number of hydrogen-bond donors (Lipinski definition) is 0. The van der Waals surface area contributed by atoms with Crippen molar-refractivity contribution in [2.24, 2.45) is 4.99 Å². The predicted molar refractivity (Wildman–Crippen MR) is 88.3 cm³/mol. The van der Waals surface area contributed by atoms with Crippen LogP contribution in [0.15, 0.2) is 23.2 Å². The standard InChI is InChI=1S/C16H22N2O3S/c1-4-14(19)17-16-18(10-11-20-5-2)15-12(21-6-3)8-7-9-13(15)22-16/h7-9H,4-6,10-11H2,1-3H3. The zero-order valence-corrected chi connectivity index (χ0v) is 14.1. The number of thiazole rings is 1. The van der Waals surface area contributed by atoms with Crippen LogP contribution in [0.2, 0.25) is 0 Å². The number of benzene rings is 1. The third-order valence-corrected chi connectivity index (χ3v) is 4.19. The molecule has 6 heteroatoms. The lowest BCUT2D eigenvalue weighted by molar-refractivity contribution is -0.117. The lowest BCUT2D eigenvalue weighted by Gasteiger charge is -2.09. The Morgan fingerprint density at radius 2 is 2.09 bits per heavy atom. The number of fused-ring (bicyclic) bond motifs is 1. The van der Waals surface area contributed by atoms with Crippen LogP contribution in [0, 0.1) is 0 Å². The van der Waals surface area contributed by atoms with Gasteiger partial charge < -0.3 is 14.0 Å². The summed E-state index contributed by atoms with van der Waals surface area (Å²) in [6.07, 6.45) is 0.401. The van der Waals surface area contributed by atoms with Crippen molar-refractivity contribution in [2.75, 3.05) is 19.8 Å². The molecule has 1 aromatic heterocycles. The Morgan fingerprint density at radius 1 is 1.27 bits per heavy atom. The van der Waals surface area contributed by atoms with Crippen LogP contribution in [0.3, 0.4) is 0 Å². The lowest BCUT2D eigenvalue weighted by Crippen LogP contribution is -2.20. The Bertz CT molecular complexity index is 703. The minimum Gasteiger partial charge on any atom is -0.492 e. The maximum absolute atomic E-state index is 11.7. The molecule has 1 amide bonds. The lowest BCUT2D eigenvalue weighted by atomic mass is 10.3. The average molecular weight is 322 g/mol. The molecule has 0 saturated heterocycles. The minimum atomic E-state index is -0.116. The first-order valence-electron chi connectivity index (χ1n) is 7.61. The Labute approximate surface area is 134 Å². The molecule has 0 unspecified atom stereocenters. The van der Waals surface area contributed by atoms with Gasteiger partial charge in [-0.3, -0.25) is 4.79 Å². The average Bonchev–Trinajstić information content (AvgIpc) is 2.86. The summed E-state index contributed by atoms with van der Waals surface area (Å²) >= 11 is 1.51. The van der Waals surface area contributed by atoms with Gasteiger partial charge in [0.15, 0.2) is 4.80 Å². The summed E-state index contributed by atoms with van der Waals surface area (Å²) in [6, 6.07) is 5.93. The van der Waals surface area contributed by atoms with Crippen molar-refractivity contribution < 1.29 is 14.3 Å². The van der Waals surface area contributed by atoms with E-state index >= 15 is 0 Å². The number of rotatable bonds is 7. The number of nitrogens with zero attached hydrogens (tertiary/aromatic N) is 2. The maximum atomic E-state index is 11.7. The summed E-state index contributed by atoms with van der Waals surface area (Å²) in [5.74, 6) is 0.702. The molecule has 1 heterocycles. The fourth-order valence-corrected chi connectivity index (χ4v) is 3.24. The topological polar surface area (TPSA) is 52.8 Å². The van der Waals surface area contributed by atoms with E-state index in [9.17, 15) is 4.79 Å². The Morgan fingerprint density at radius 3 is 2.77 bits per heavy atom. The Kier molecular flexibility index (Phi) is 6.15. The molecule has 0 radical (unpaired) electrons. The number of amides is 1. The zero-order chi connectivity index (χ0) is 15.9. The normalized spacial score (nSPS) is 12.0. The van der Waals surface area contributed by atoms with Crippen molar-refractivity contribution in [3.63, 3.8) is 0 Å². The van der Waals surface area contributed by atoms with E-state index in [1.807, 2.05) is 43.5 Å². The van der Waals surface area contributed by atoms with Crippen molar-refractivity contribution in [3.05, 3.63) is 23.0 Å². The highest BCUT2D eigenvalue weighted by Gasteiger charge is 2.12. The molecule has 0 atom stereocenters. The van der Waals surface area contributed by atoms with Crippen LogP contribution in [-0.4, -0.2) is 30.3 Å². The Balaban J connectivity index is 2.58. The fourth-order valence-electron chi connectivity index (χ4n) is 2.15. The molecule has 5 nitrogen and oxygen atoms in total. The summed E-state index contributed by atoms with van der Waals surface area (Å²) in [6.45, 7) is 8.23. The van der Waals surface area contributed by atoms with E-state index in [1.54, 1.807) is 0 Å². The molecular formula is C16H22N2O3S. The van der Waals surface area contributed by atoms with Crippen LogP contribution in [0.1, 0.15) is 27.2 Å². The zero-order valence-electron chi connectivity index (χ0n) is 13.3. The highest BCUT2D eigenvalue weighted by atomic mass is 32.1. The smallest absolute Gasteiger partial charge is 0.248 e. The van der Waals surface area contributed by atoms with Gasteiger partial charge in [0.2, 0.25) is 5.91 Å². The molecule has 2 rings (SSSR count). The van der Waals surface area contributed by atoms with E-state index in [2.05, 4.69) is 4.99 Å². The number of hydrogen-bond acceptors (Lipinski definition) is 4. The molecule has 2 aromatic rings. The summed E-state index contributed by atoms with van der Waals surface area (Å²) in [4.78, 5) is 16.6. The van der Waals surface area contributed by atoms with Gasteiger partial charge in [0.25, 0.3) is 0 Å². The van der Waals surface area contributed by atoms with E-state index in [-0.39, 0.29) is 5.91 Å². The second kappa shape index (κ2) is 8.10. The molecule has 120 valence electrons. The van der Waals surface area contributed by atoms with Gasteiger partial charge in [0.05, 0.1) is 17.9 Å². The number of ether oxygens (including phenoxy) is 2. The van der Waals surface area contributed by atoms with Crippen molar-refractivity contribution in [3.8, 4) is 5.75 Å². The second-order valence-electron chi connectivity index (χ2n) is 4.63. The second-order valence-corrected chi connectivity index (χ2v) is 5.64. The molecule has 0 fully saturated rings. The molecule has 22 heavy (non-hydrogen) atoms. The van der Waals surface area contributed by atoms with Gasteiger partial charge in [-0.2, -0.15) is 4.99 Å². The first-order valence-corrected chi connectivity index (χ1v) is 8.43. The summed E-state index contributed by atoms with van der Waals surface area (Å²) in [7, 11) is 0. The van der Waals surface area contributed by atoms with Crippen LogP contribution < -0.4 is 9.54 Å². The van der Waals surface area contributed by atoms with Crippen molar-refractivity contribution in [1.29, 1.82) is 0 Å². The first kappa shape index (κ1) is 16.7. The van der Waals surface area contributed by atoms with Gasteiger partial charge >= 0.3 is 0 Å². The molecule has 0 bridgehead atoms.